The van der Waals surface area contributed by atoms with Gasteiger partial charge in [0.25, 0.3) is 0 Å². The molecule has 7 aromatic carbocycles. The van der Waals surface area contributed by atoms with Crippen LogP contribution in [0.2, 0.25) is 0 Å². The minimum atomic E-state index is -3.02. The summed E-state index contributed by atoms with van der Waals surface area (Å²) >= 11 is 0. The third-order valence-electron chi connectivity index (χ3n) is 8.63. The quantitative estimate of drug-likeness (QED) is 0.159. The van der Waals surface area contributed by atoms with Crippen LogP contribution < -0.4 is 15.9 Å². The molecule has 0 fully saturated rings. The van der Waals surface area contributed by atoms with Gasteiger partial charge in [0.2, 0.25) is 0 Å². The van der Waals surface area contributed by atoms with Crippen molar-refractivity contribution in [3.8, 4) is 28.1 Å². The summed E-state index contributed by atoms with van der Waals surface area (Å²) in [6.07, 6.45) is 0. The maximum Gasteiger partial charge on any atom is 0.171 e. The highest BCUT2D eigenvalue weighted by Gasteiger charge is 2.29. The third-order valence-corrected chi connectivity index (χ3v) is 11.7. The van der Waals surface area contributed by atoms with Crippen LogP contribution in [0.3, 0.4) is 0 Å². The van der Waals surface area contributed by atoms with Crippen LogP contribution in [-0.2, 0) is 4.57 Å². The number of rotatable bonds is 5. The summed E-state index contributed by atoms with van der Waals surface area (Å²) in [7, 11) is -3.02. The number of fused-ring (bicyclic) bond motifs is 5. The lowest BCUT2D eigenvalue weighted by molar-refractivity contribution is 0.476. The van der Waals surface area contributed by atoms with Gasteiger partial charge in [-0.1, -0.05) is 146 Å². The molecule has 0 unspecified atom stereocenters. The molecule has 0 spiro atoms. The number of aromatic nitrogens is 1. The summed E-state index contributed by atoms with van der Waals surface area (Å²) in [5.41, 5.74) is 4.88. The van der Waals surface area contributed by atoms with Crippen molar-refractivity contribution < 1.29 is 9.67 Å². The Bertz CT molecular complexity index is 2340. The number of pyridine rings is 1. The van der Waals surface area contributed by atoms with Crippen molar-refractivity contribution >= 4 is 55.5 Å². The highest BCUT2D eigenvalue weighted by Crippen LogP contribution is 2.43. The van der Waals surface area contributed by atoms with Crippen molar-refractivity contribution in [2.45, 2.75) is 0 Å². The average molecular weight is 598 g/mol. The maximum absolute atomic E-state index is 14.7. The molecule has 0 atom stereocenters. The van der Waals surface area contributed by atoms with E-state index in [1.807, 2.05) is 91.0 Å². The number of aromatic hydroxyl groups is 1. The van der Waals surface area contributed by atoms with E-state index in [0.717, 1.165) is 70.7 Å². The lowest BCUT2D eigenvalue weighted by Gasteiger charge is -2.20. The van der Waals surface area contributed by atoms with Gasteiger partial charge in [-0.25, -0.2) is 4.98 Å². The molecular formula is C41H28NO2P. The van der Waals surface area contributed by atoms with Crippen LogP contribution in [0.5, 0.6) is 5.75 Å². The van der Waals surface area contributed by atoms with E-state index in [0.29, 0.717) is 0 Å². The van der Waals surface area contributed by atoms with Crippen LogP contribution in [0.15, 0.2) is 164 Å². The van der Waals surface area contributed by atoms with E-state index in [4.69, 9.17) is 4.98 Å². The predicted molar refractivity (Wildman–Crippen MR) is 189 cm³/mol. The molecule has 4 heteroatoms. The van der Waals surface area contributed by atoms with Gasteiger partial charge in [-0.2, -0.15) is 0 Å². The Labute approximate surface area is 261 Å². The number of benzene rings is 7. The van der Waals surface area contributed by atoms with E-state index in [1.54, 1.807) is 6.07 Å². The van der Waals surface area contributed by atoms with Crippen molar-refractivity contribution in [2.24, 2.45) is 0 Å². The minimum absolute atomic E-state index is 0.227. The fourth-order valence-corrected chi connectivity index (χ4v) is 9.04. The molecule has 0 amide bonds. The highest BCUT2D eigenvalue weighted by molar-refractivity contribution is 7.85. The van der Waals surface area contributed by atoms with E-state index in [9.17, 15) is 9.67 Å². The smallest absolute Gasteiger partial charge is 0.171 e. The Balaban J connectivity index is 1.20. The van der Waals surface area contributed by atoms with Crippen molar-refractivity contribution in [1.82, 2.24) is 4.98 Å². The molecule has 3 nitrogen and oxygen atoms in total. The molecule has 0 saturated heterocycles. The molecule has 0 aliphatic carbocycles. The Morgan fingerprint density at radius 1 is 0.467 bits per heavy atom. The first-order valence-electron chi connectivity index (χ1n) is 15.0. The Morgan fingerprint density at radius 2 is 1.02 bits per heavy atom. The van der Waals surface area contributed by atoms with E-state index in [2.05, 4.69) is 66.7 Å². The highest BCUT2D eigenvalue weighted by atomic mass is 31.2. The van der Waals surface area contributed by atoms with E-state index >= 15 is 0 Å². The first kappa shape index (κ1) is 27.1. The minimum Gasteiger partial charge on any atom is -0.508 e. The molecule has 0 radical (unpaired) electrons. The normalized spacial score (nSPS) is 11.7. The molecule has 1 heterocycles. The summed E-state index contributed by atoms with van der Waals surface area (Å²) in [6.45, 7) is 0. The molecule has 1 aromatic heterocycles. The first-order valence-corrected chi connectivity index (χ1v) is 16.7. The van der Waals surface area contributed by atoms with Crippen LogP contribution in [-0.4, -0.2) is 10.1 Å². The van der Waals surface area contributed by atoms with Gasteiger partial charge in [0.15, 0.2) is 7.14 Å². The van der Waals surface area contributed by atoms with Crippen LogP contribution >= 0.6 is 7.14 Å². The second-order valence-electron chi connectivity index (χ2n) is 11.3. The zero-order valence-electron chi connectivity index (χ0n) is 24.3. The Morgan fingerprint density at radius 3 is 1.69 bits per heavy atom. The van der Waals surface area contributed by atoms with Crippen LogP contribution in [0.4, 0.5) is 0 Å². The Kier molecular flexibility index (Phi) is 6.55. The topological polar surface area (TPSA) is 50.2 Å². The van der Waals surface area contributed by atoms with Gasteiger partial charge in [0.05, 0.1) is 11.2 Å². The molecule has 45 heavy (non-hydrogen) atoms. The summed E-state index contributed by atoms with van der Waals surface area (Å²) in [6, 6.07) is 54.1. The predicted octanol–water partition coefficient (Wildman–Crippen LogP) is 9.22. The second-order valence-corrected chi connectivity index (χ2v) is 14.0. The lowest BCUT2D eigenvalue weighted by Crippen LogP contribution is -2.24. The molecule has 0 aliphatic rings. The maximum atomic E-state index is 14.7. The molecule has 8 rings (SSSR count). The number of hydrogen-bond donors (Lipinski definition) is 1. The van der Waals surface area contributed by atoms with E-state index < -0.39 is 7.14 Å². The van der Waals surface area contributed by atoms with Crippen molar-refractivity contribution in [3.63, 3.8) is 0 Å². The second kappa shape index (κ2) is 10.9. The number of nitrogens with zero attached hydrogens (tertiary/aromatic N) is 1. The van der Waals surface area contributed by atoms with Gasteiger partial charge in [-0.3, -0.25) is 0 Å². The number of phenols is 1. The van der Waals surface area contributed by atoms with Crippen molar-refractivity contribution in [1.29, 1.82) is 0 Å². The van der Waals surface area contributed by atoms with Crippen molar-refractivity contribution in [2.75, 3.05) is 0 Å². The van der Waals surface area contributed by atoms with Gasteiger partial charge in [0.1, 0.15) is 5.75 Å². The summed E-state index contributed by atoms with van der Waals surface area (Å²) in [5.74, 6) is 0.227. The Hall–Kier alpha value is -5.50. The molecular weight excluding hydrogens is 569 g/mol. The average Bonchev–Trinajstić information content (AvgIpc) is 3.11. The molecule has 0 bridgehead atoms. The first-order chi connectivity index (χ1) is 22.1. The molecule has 214 valence electrons. The van der Waals surface area contributed by atoms with Gasteiger partial charge in [-0.15, -0.1) is 0 Å². The van der Waals surface area contributed by atoms with Gasteiger partial charge < -0.3 is 9.67 Å². The molecule has 8 aromatic rings. The number of hydrogen-bond acceptors (Lipinski definition) is 3. The lowest BCUT2D eigenvalue weighted by atomic mass is 9.94. The zero-order chi connectivity index (χ0) is 30.4. The van der Waals surface area contributed by atoms with Crippen LogP contribution in [0, 0.1) is 0 Å². The standard InChI is InChI=1S/C41H28NO2P/c43-32-22-26-39-38(27-32)40-36-14-8-7-9-30(36)21-25-37(40)41(42-39)31-17-15-28(16-18-31)29-19-23-35(24-20-29)45(44,33-10-3-1-4-11-33)34-12-5-2-6-13-34/h1-27,43H. The molecule has 0 aliphatic heterocycles. The van der Waals surface area contributed by atoms with Crippen LogP contribution in [0.25, 0.3) is 54.8 Å². The fourth-order valence-electron chi connectivity index (χ4n) is 6.39. The number of phenolic OH excluding ortho intramolecular Hbond substituents is 1. The summed E-state index contributed by atoms with van der Waals surface area (Å²) in [5, 5.41) is 18.1. The van der Waals surface area contributed by atoms with Gasteiger partial charge in [0, 0.05) is 37.6 Å². The fraction of sp³-hybridized carbons (Fsp3) is 0. The van der Waals surface area contributed by atoms with Gasteiger partial charge >= 0.3 is 0 Å². The van der Waals surface area contributed by atoms with Crippen molar-refractivity contribution in [3.05, 3.63) is 164 Å². The summed E-state index contributed by atoms with van der Waals surface area (Å²) < 4.78 is 14.7. The van der Waals surface area contributed by atoms with E-state index in [-0.39, 0.29) is 5.75 Å². The largest absolute Gasteiger partial charge is 0.508 e. The van der Waals surface area contributed by atoms with Crippen LogP contribution in [0.1, 0.15) is 0 Å². The van der Waals surface area contributed by atoms with E-state index in [1.165, 1.54) is 0 Å². The monoisotopic (exact) mass is 597 g/mol. The van der Waals surface area contributed by atoms with Gasteiger partial charge in [-0.05, 0) is 40.1 Å². The summed E-state index contributed by atoms with van der Waals surface area (Å²) in [4.78, 5) is 5.08. The third kappa shape index (κ3) is 4.61. The molecule has 0 saturated carbocycles. The molecule has 1 N–H and O–H groups in total. The zero-order valence-corrected chi connectivity index (χ0v) is 25.2. The SMILES string of the molecule is O=P(c1ccccc1)(c1ccccc1)c1ccc(-c2ccc(-c3nc4ccc(O)cc4c4c3ccc3ccccc34)cc2)cc1.